The number of phosphoric ester groups is 1. The number of carbonyl (C=O) groups excluding carboxylic acids is 2. The van der Waals surface area contributed by atoms with Gasteiger partial charge in [0, 0.05) is 12.8 Å². The minimum Gasteiger partial charge on any atom is -0.756 e. The maximum absolute atomic E-state index is 12.9. The molecule has 0 N–H and O–H groups in total. The zero-order chi connectivity index (χ0) is 69.7. The maximum Gasteiger partial charge on any atom is 0.306 e. The van der Waals surface area contributed by atoms with Gasteiger partial charge in [0.15, 0.2) is 6.10 Å². The largest absolute Gasteiger partial charge is 0.756 e. The van der Waals surface area contributed by atoms with Crippen molar-refractivity contribution in [1.82, 2.24) is 0 Å². The zero-order valence-corrected chi connectivity index (χ0v) is 62.4. The first-order valence-corrected chi connectivity index (χ1v) is 39.3. The molecule has 2 unspecified atom stereocenters. The van der Waals surface area contributed by atoms with Crippen LogP contribution in [-0.4, -0.2) is 70.0 Å². The van der Waals surface area contributed by atoms with Gasteiger partial charge in [0.2, 0.25) is 0 Å². The van der Waals surface area contributed by atoms with Crippen molar-refractivity contribution in [3.05, 3.63) is 207 Å². The number of hydrogen-bond donors (Lipinski definition) is 0. The second-order valence-electron chi connectivity index (χ2n) is 25.5. The van der Waals surface area contributed by atoms with E-state index in [1.807, 2.05) is 21.1 Å². The molecule has 0 amide bonds. The molecule has 540 valence electrons. The number of phosphoric acid groups is 1. The highest BCUT2D eigenvalue weighted by atomic mass is 31.2. The quantitative estimate of drug-likeness (QED) is 0.0195. The molecule has 0 aliphatic rings. The number of allylic oxidation sites excluding steroid dienone is 34. The number of hydrogen-bond acceptors (Lipinski definition) is 8. The molecule has 0 spiro atoms. The van der Waals surface area contributed by atoms with Crippen molar-refractivity contribution >= 4 is 19.8 Å². The van der Waals surface area contributed by atoms with E-state index in [0.717, 1.165) is 161 Å². The van der Waals surface area contributed by atoms with Gasteiger partial charge in [0.25, 0.3) is 7.82 Å². The van der Waals surface area contributed by atoms with Crippen LogP contribution in [0.1, 0.15) is 271 Å². The molecule has 0 aromatic rings. The van der Waals surface area contributed by atoms with E-state index < -0.39 is 32.5 Å². The average Bonchev–Trinajstić information content (AvgIpc) is 2.54. The molecule has 0 aliphatic heterocycles. The van der Waals surface area contributed by atoms with Crippen molar-refractivity contribution in [1.29, 1.82) is 0 Å². The highest BCUT2D eigenvalue weighted by Crippen LogP contribution is 2.38. The Balaban J connectivity index is 4.15. The lowest BCUT2D eigenvalue weighted by Gasteiger charge is -2.28. The van der Waals surface area contributed by atoms with Gasteiger partial charge in [-0.1, -0.05) is 317 Å². The number of nitrogens with zero attached hydrogens (tertiary/aromatic N) is 1. The van der Waals surface area contributed by atoms with E-state index in [1.54, 1.807) is 0 Å². The number of unbranched alkanes of at least 4 members (excludes halogenated alkanes) is 19. The van der Waals surface area contributed by atoms with Crippen molar-refractivity contribution in [3.8, 4) is 0 Å². The number of esters is 2. The Morgan fingerprint density at radius 2 is 0.562 bits per heavy atom. The van der Waals surface area contributed by atoms with Gasteiger partial charge in [-0.2, -0.15) is 0 Å². The average molecular weight is 1350 g/mol. The molecule has 0 aromatic heterocycles. The highest BCUT2D eigenvalue weighted by Gasteiger charge is 2.22. The molecule has 9 nitrogen and oxygen atoms in total. The molecule has 0 radical (unpaired) electrons. The number of likely N-dealkylation sites (N-methyl/N-ethyl adjacent to an activating group) is 1. The lowest BCUT2D eigenvalue weighted by Crippen LogP contribution is -2.37. The van der Waals surface area contributed by atoms with Gasteiger partial charge in [-0.05, 0) is 148 Å². The topological polar surface area (TPSA) is 111 Å². The summed E-state index contributed by atoms with van der Waals surface area (Å²) >= 11 is 0. The Kier molecular flexibility index (Phi) is 69.7. The molecule has 0 aromatic carbocycles. The van der Waals surface area contributed by atoms with Crippen molar-refractivity contribution in [2.45, 2.75) is 277 Å². The zero-order valence-electron chi connectivity index (χ0n) is 61.5. The van der Waals surface area contributed by atoms with Gasteiger partial charge >= 0.3 is 11.9 Å². The second kappa shape index (κ2) is 73.8. The van der Waals surface area contributed by atoms with E-state index >= 15 is 0 Å². The van der Waals surface area contributed by atoms with Crippen LogP contribution in [0, 0.1) is 0 Å². The van der Waals surface area contributed by atoms with Crippen molar-refractivity contribution in [2.24, 2.45) is 0 Å². The fraction of sp³-hybridized carbons (Fsp3) is 0.581. The molecule has 96 heavy (non-hydrogen) atoms. The molecular weight excluding hydrogens is 1210 g/mol. The van der Waals surface area contributed by atoms with Crippen LogP contribution in [0.15, 0.2) is 207 Å². The molecular formula is C86H138NO8P. The summed E-state index contributed by atoms with van der Waals surface area (Å²) in [4.78, 5) is 38.1. The van der Waals surface area contributed by atoms with Crippen LogP contribution < -0.4 is 4.89 Å². The van der Waals surface area contributed by atoms with Gasteiger partial charge in [0.05, 0.1) is 27.7 Å². The van der Waals surface area contributed by atoms with E-state index in [4.69, 9.17) is 18.5 Å². The van der Waals surface area contributed by atoms with E-state index in [2.05, 4.69) is 220 Å². The van der Waals surface area contributed by atoms with Crippen LogP contribution in [0.3, 0.4) is 0 Å². The van der Waals surface area contributed by atoms with E-state index in [9.17, 15) is 19.0 Å². The normalized spacial score (nSPS) is 14.3. The molecule has 0 aliphatic carbocycles. The molecule has 0 saturated heterocycles. The minimum atomic E-state index is -4.67. The van der Waals surface area contributed by atoms with E-state index in [0.29, 0.717) is 17.4 Å². The third-order valence-corrected chi connectivity index (χ3v) is 16.3. The van der Waals surface area contributed by atoms with Crippen LogP contribution in [0.2, 0.25) is 0 Å². The summed E-state index contributed by atoms with van der Waals surface area (Å²) in [6.07, 6.45) is 116. The maximum atomic E-state index is 12.9. The SMILES string of the molecule is CC/C=C\C/C=C\C/C=C\C/C=C\C/C=C\C/C=C\C/C=C\C/C=C\C/C=C\C/C=C\C/C=C\C/C=C\CCCCCCC(=O)OC(COC(=O)CCCCCCCCCCCCCCCCC/C=C\C/C=C\C/C=C\C/C=C\C/C=C\CC)COP(=O)([O-])OCC[N+](C)(C)C. The van der Waals surface area contributed by atoms with Crippen LogP contribution in [0.25, 0.3) is 0 Å². The number of rotatable bonds is 67. The smallest absolute Gasteiger partial charge is 0.306 e. The van der Waals surface area contributed by atoms with Crippen LogP contribution in [0.4, 0.5) is 0 Å². The monoisotopic (exact) mass is 1340 g/mol. The third kappa shape index (κ3) is 77.6. The van der Waals surface area contributed by atoms with Crippen LogP contribution in [-0.2, 0) is 32.7 Å². The number of ether oxygens (including phenoxy) is 2. The van der Waals surface area contributed by atoms with E-state index in [1.165, 1.54) is 77.0 Å². The molecule has 0 rings (SSSR count). The number of quaternary nitrogens is 1. The summed E-state index contributed by atoms with van der Waals surface area (Å²) < 4.78 is 34.3. The first-order valence-electron chi connectivity index (χ1n) is 37.8. The predicted octanol–water partition coefficient (Wildman–Crippen LogP) is 24.7. The lowest BCUT2D eigenvalue weighted by atomic mass is 10.0. The summed E-state index contributed by atoms with van der Waals surface area (Å²) in [7, 11) is 1.12. The Bertz CT molecular complexity index is 2380. The van der Waals surface area contributed by atoms with Gasteiger partial charge in [-0.15, -0.1) is 0 Å². The molecule has 0 saturated carbocycles. The summed E-state index contributed by atoms with van der Waals surface area (Å²) in [6, 6.07) is 0. The van der Waals surface area contributed by atoms with Crippen molar-refractivity contribution in [3.63, 3.8) is 0 Å². The standard InChI is InChI=1S/C86H138NO8P/c1-6-8-10-12-14-16-18-20-22-24-26-28-30-32-34-36-38-39-40-41-42-43-44-45-46-47-49-51-53-55-57-59-61-63-65-67-69-71-73-75-77-79-86(89)95-84(83-94-96(90,91)93-81-80-87(3,4)5)82-92-85(88)78-76-74-72-70-68-66-64-62-60-58-56-54-52-50-48-37-35-33-31-29-27-25-23-21-19-17-15-13-11-9-7-2/h8-11,14-17,20-23,26-29,32-35,38-39,41-42,44-45,47,49,53,55,59,61,65,67,84H,6-7,12-13,18-19,24-25,30-31,36-37,40,43,46,48,50-52,54,56-58,60,62-64,66,68-83H2,1-5H3/b10-8-,11-9-,16-14-,17-15-,22-20-,23-21-,28-26-,29-27-,34-32-,35-33-,39-38-,42-41-,45-44-,49-47-,55-53-,61-59-,67-65-. The Morgan fingerprint density at radius 1 is 0.323 bits per heavy atom. The molecule has 0 heterocycles. The molecule has 2 atom stereocenters. The fourth-order valence-electron chi connectivity index (χ4n) is 9.61. The Labute approximate surface area is 589 Å². The van der Waals surface area contributed by atoms with Crippen molar-refractivity contribution in [2.75, 3.05) is 47.5 Å². The lowest BCUT2D eigenvalue weighted by molar-refractivity contribution is -0.870. The second-order valence-corrected chi connectivity index (χ2v) is 27.0. The Morgan fingerprint density at radius 3 is 0.833 bits per heavy atom. The first kappa shape index (κ1) is 90.6. The number of carbonyl (C=O) groups is 2. The third-order valence-electron chi connectivity index (χ3n) is 15.3. The Hall–Kier alpha value is -5.41. The summed E-state index contributed by atoms with van der Waals surface area (Å²) in [5, 5.41) is 0. The molecule has 0 fully saturated rings. The van der Waals surface area contributed by atoms with Gasteiger partial charge in [-0.3, -0.25) is 14.2 Å². The first-order chi connectivity index (χ1) is 47.0. The minimum absolute atomic E-state index is 0.0463. The van der Waals surface area contributed by atoms with E-state index in [-0.39, 0.29) is 26.1 Å². The van der Waals surface area contributed by atoms with Gasteiger partial charge < -0.3 is 27.9 Å². The fourth-order valence-corrected chi connectivity index (χ4v) is 10.3. The molecule has 0 bridgehead atoms. The summed E-state index contributed by atoms with van der Waals surface area (Å²) in [5.74, 6) is -0.873. The summed E-state index contributed by atoms with van der Waals surface area (Å²) in [5.41, 5.74) is 0. The summed E-state index contributed by atoms with van der Waals surface area (Å²) in [6.45, 7) is 3.97. The van der Waals surface area contributed by atoms with Crippen LogP contribution >= 0.6 is 7.82 Å². The van der Waals surface area contributed by atoms with Crippen LogP contribution in [0.5, 0.6) is 0 Å². The molecule has 10 heteroatoms. The van der Waals surface area contributed by atoms with Gasteiger partial charge in [0.1, 0.15) is 19.8 Å². The van der Waals surface area contributed by atoms with Gasteiger partial charge in [-0.25, -0.2) is 0 Å². The highest BCUT2D eigenvalue weighted by molar-refractivity contribution is 7.45. The van der Waals surface area contributed by atoms with Crippen molar-refractivity contribution < 1.29 is 42.1 Å². The predicted molar refractivity (Wildman–Crippen MR) is 415 cm³/mol.